The van der Waals surface area contributed by atoms with Gasteiger partial charge in [-0.05, 0) is 55.0 Å². The summed E-state index contributed by atoms with van der Waals surface area (Å²) in [6, 6.07) is 19.7. The molecule has 0 aliphatic carbocycles. The van der Waals surface area contributed by atoms with E-state index in [0.717, 1.165) is 55.0 Å². The molecule has 6 rings (SSSR count). The van der Waals surface area contributed by atoms with Gasteiger partial charge in [-0.25, -0.2) is 0 Å². The number of rotatable bonds is 2. The number of aliphatic hydroxyl groups is 2. The van der Waals surface area contributed by atoms with Crippen LogP contribution in [0.4, 0.5) is 0 Å². The second-order valence-electron chi connectivity index (χ2n) is 10.1. The van der Waals surface area contributed by atoms with Crippen LogP contribution in [-0.2, 0) is 5.79 Å². The molecule has 0 radical (unpaired) electrons. The van der Waals surface area contributed by atoms with Crippen molar-refractivity contribution in [2.75, 3.05) is 0 Å². The zero-order valence-electron chi connectivity index (χ0n) is 19.5. The van der Waals surface area contributed by atoms with Crippen molar-refractivity contribution in [2.45, 2.75) is 33.5 Å². The van der Waals surface area contributed by atoms with Crippen molar-refractivity contribution in [2.24, 2.45) is 5.41 Å². The smallest absolute Gasteiger partial charge is 0.195 e. The average molecular weight is 452 g/mol. The van der Waals surface area contributed by atoms with Gasteiger partial charge < -0.3 is 19.0 Å². The third-order valence-electron chi connectivity index (χ3n) is 6.79. The molecular weight excluding hydrogens is 426 g/mol. The van der Waals surface area contributed by atoms with E-state index in [2.05, 4.69) is 4.98 Å². The molecule has 3 aromatic carbocycles. The van der Waals surface area contributed by atoms with Gasteiger partial charge >= 0.3 is 0 Å². The second kappa shape index (κ2) is 6.92. The van der Waals surface area contributed by atoms with Gasteiger partial charge in [-0.2, -0.15) is 0 Å². The van der Waals surface area contributed by atoms with Gasteiger partial charge in [-0.3, -0.25) is 4.98 Å². The van der Waals surface area contributed by atoms with Crippen molar-refractivity contribution in [3.8, 4) is 11.3 Å². The zero-order chi connectivity index (χ0) is 23.8. The molecule has 3 aromatic heterocycles. The first-order valence-electron chi connectivity index (χ1n) is 11.3. The van der Waals surface area contributed by atoms with Crippen LogP contribution in [-0.4, -0.2) is 15.2 Å². The third-order valence-corrected chi connectivity index (χ3v) is 6.79. The number of fused-ring (bicyclic) bond motifs is 6. The molecule has 0 atom stereocenters. The van der Waals surface area contributed by atoms with E-state index in [0.29, 0.717) is 11.3 Å². The first-order valence-corrected chi connectivity index (χ1v) is 11.3. The highest BCUT2D eigenvalue weighted by molar-refractivity contribution is 6.15. The van der Waals surface area contributed by atoms with Gasteiger partial charge in [0.2, 0.25) is 0 Å². The zero-order valence-corrected chi connectivity index (χ0v) is 19.5. The predicted molar refractivity (Wildman–Crippen MR) is 135 cm³/mol. The fraction of sp³-hybridized carbons (Fsp3) is 0.207. The van der Waals surface area contributed by atoms with Crippen LogP contribution in [0.15, 0.2) is 75.7 Å². The van der Waals surface area contributed by atoms with E-state index in [4.69, 9.17) is 8.83 Å². The fourth-order valence-corrected chi connectivity index (χ4v) is 4.61. The number of hydrogen-bond acceptors (Lipinski definition) is 5. The maximum atomic E-state index is 10.9. The Kier molecular flexibility index (Phi) is 4.25. The van der Waals surface area contributed by atoms with E-state index in [1.54, 1.807) is 33.0 Å². The lowest BCUT2D eigenvalue weighted by Crippen LogP contribution is -2.40. The van der Waals surface area contributed by atoms with Gasteiger partial charge in [-0.1, -0.05) is 39.0 Å². The monoisotopic (exact) mass is 451 g/mol. The van der Waals surface area contributed by atoms with E-state index in [1.165, 1.54) is 0 Å². The average Bonchev–Trinajstić information content (AvgIpc) is 3.34. The molecule has 0 aliphatic rings. The maximum Gasteiger partial charge on any atom is 0.195 e. The van der Waals surface area contributed by atoms with E-state index in [-0.39, 0.29) is 0 Å². The molecule has 0 saturated carbocycles. The first-order chi connectivity index (χ1) is 16.1. The highest BCUT2D eigenvalue weighted by Gasteiger charge is 2.41. The van der Waals surface area contributed by atoms with Crippen LogP contribution in [0.25, 0.3) is 55.1 Å². The first kappa shape index (κ1) is 20.9. The third kappa shape index (κ3) is 2.98. The van der Waals surface area contributed by atoms with Crippen molar-refractivity contribution >= 4 is 43.9 Å². The van der Waals surface area contributed by atoms with E-state index < -0.39 is 11.2 Å². The Morgan fingerprint density at radius 3 is 2.03 bits per heavy atom. The number of pyridine rings is 1. The molecule has 0 bridgehead atoms. The topological polar surface area (TPSA) is 79.6 Å². The lowest BCUT2D eigenvalue weighted by molar-refractivity contribution is -0.238. The van der Waals surface area contributed by atoms with Crippen LogP contribution in [0.5, 0.6) is 0 Å². The Bertz CT molecular complexity index is 1730. The Hall–Kier alpha value is -3.67. The molecule has 34 heavy (non-hydrogen) atoms. The van der Waals surface area contributed by atoms with Gasteiger partial charge in [-0.15, -0.1) is 0 Å². The number of benzene rings is 3. The Balaban J connectivity index is 1.54. The quantitative estimate of drug-likeness (QED) is 0.276. The molecule has 6 aromatic rings. The fourth-order valence-electron chi connectivity index (χ4n) is 4.61. The van der Waals surface area contributed by atoms with Crippen molar-refractivity contribution in [1.29, 1.82) is 0 Å². The van der Waals surface area contributed by atoms with Crippen molar-refractivity contribution in [3.05, 3.63) is 78.0 Å². The SMILES string of the molecule is Cc1cnc(-c2ccc3oc4cc5c(cc4c3c2)oc2ccccc25)cc1C(O)(O)C(C)(C)C. The molecule has 2 N–H and O–H groups in total. The van der Waals surface area contributed by atoms with Crippen molar-refractivity contribution in [3.63, 3.8) is 0 Å². The molecule has 0 spiro atoms. The summed E-state index contributed by atoms with van der Waals surface area (Å²) in [5.41, 5.74) is 5.17. The van der Waals surface area contributed by atoms with E-state index in [1.807, 2.05) is 61.5 Å². The molecule has 0 saturated heterocycles. The van der Waals surface area contributed by atoms with Crippen LogP contribution < -0.4 is 0 Å². The Morgan fingerprint density at radius 2 is 1.32 bits per heavy atom. The Labute approximate surface area is 196 Å². The highest BCUT2D eigenvalue weighted by atomic mass is 16.5. The number of aryl methyl sites for hydroxylation is 1. The van der Waals surface area contributed by atoms with Crippen LogP contribution in [0.1, 0.15) is 31.9 Å². The summed E-state index contributed by atoms with van der Waals surface area (Å²) in [5.74, 6) is -1.99. The van der Waals surface area contributed by atoms with Gasteiger partial charge in [0.25, 0.3) is 0 Å². The minimum absolute atomic E-state index is 0.450. The van der Waals surface area contributed by atoms with Crippen LogP contribution in [0.2, 0.25) is 0 Å². The van der Waals surface area contributed by atoms with Gasteiger partial charge in [0.15, 0.2) is 5.79 Å². The molecule has 0 unspecified atom stereocenters. The highest BCUT2D eigenvalue weighted by Crippen LogP contribution is 2.41. The van der Waals surface area contributed by atoms with Crippen molar-refractivity contribution < 1.29 is 19.0 Å². The summed E-state index contributed by atoms with van der Waals surface area (Å²) in [4.78, 5) is 4.58. The van der Waals surface area contributed by atoms with E-state index in [9.17, 15) is 10.2 Å². The normalized spacial score (nSPS) is 13.0. The van der Waals surface area contributed by atoms with Gasteiger partial charge in [0, 0.05) is 44.3 Å². The molecule has 3 heterocycles. The number of para-hydroxylation sites is 1. The molecule has 0 aliphatic heterocycles. The summed E-state index contributed by atoms with van der Waals surface area (Å²) >= 11 is 0. The van der Waals surface area contributed by atoms with Crippen molar-refractivity contribution in [1.82, 2.24) is 4.98 Å². The lowest BCUT2D eigenvalue weighted by atomic mass is 9.79. The van der Waals surface area contributed by atoms with Crippen LogP contribution in [0.3, 0.4) is 0 Å². The second-order valence-corrected chi connectivity index (χ2v) is 10.1. The molecule has 170 valence electrons. The molecule has 0 fully saturated rings. The van der Waals surface area contributed by atoms with Crippen LogP contribution in [0, 0.1) is 12.3 Å². The van der Waals surface area contributed by atoms with Crippen LogP contribution >= 0.6 is 0 Å². The summed E-state index contributed by atoms with van der Waals surface area (Å²) in [6.45, 7) is 7.24. The molecule has 5 heteroatoms. The van der Waals surface area contributed by atoms with E-state index >= 15 is 0 Å². The molecule has 0 amide bonds. The number of hydrogen-bond donors (Lipinski definition) is 2. The summed E-state index contributed by atoms with van der Waals surface area (Å²) < 4.78 is 12.3. The largest absolute Gasteiger partial charge is 0.456 e. The number of furan rings is 2. The lowest BCUT2D eigenvalue weighted by Gasteiger charge is -2.36. The van der Waals surface area contributed by atoms with Gasteiger partial charge in [0.1, 0.15) is 22.3 Å². The minimum Gasteiger partial charge on any atom is -0.456 e. The number of aromatic nitrogens is 1. The summed E-state index contributed by atoms with van der Waals surface area (Å²) in [7, 11) is 0. The Morgan fingerprint density at radius 1 is 0.706 bits per heavy atom. The minimum atomic E-state index is -1.99. The number of nitrogens with zero attached hydrogens (tertiary/aromatic N) is 1. The summed E-state index contributed by atoms with van der Waals surface area (Å²) in [5, 5.41) is 25.8. The molecule has 5 nitrogen and oxygen atoms in total. The predicted octanol–water partition coefficient (Wildman–Crippen LogP) is 7.04. The van der Waals surface area contributed by atoms with Gasteiger partial charge in [0.05, 0.1) is 5.69 Å². The standard InChI is InChI=1S/C29H25NO4/c1-16-15-30-23(14-22(16)29(31,32)28(2,3)4)17-9-10-25-19(11-17)21-13-26-20(12-27(21)34-25)18-7-5-6-8-24(18)33-26/h5-15,31-32H,1-4H3. The maximum absolute atomic E-state index is 10.9. The summed E-state index contributed by atoms with van der Waals surface area (Å²) in [6.07, 6.45) is 1.69. The molecular formula is C29H25NO4.